The Morgan fingerprint density at radius 3 is 2.75 bits per heavy atom. The van der Waals surface area contributed by atoms with E-state index in [-0.39, 0.29) is 18.9 Å². The van der Waals surface area contributed by atoms with Gasteiger partial charge in [-0.3, -0.25) is 9.59 Å². The van der Waals surface area contributed by atoms with Crippen molar-refractivity contribution in [2.45, 2.75) is 25.5 Å². The van der Waals surface area contributed by atoms with Gasteiger partial charge in [0.25, 0.3) is 5.91 Å². The number of ether oxygens (including phenoxy) is 1. The fourth-order valence-corrected chi connectivity index (χ4v) is 2.53. The predicted molar refractivity (Wildman–Crippen MR) is 72.4 cm³/mol. The number of rotatable bonds is 3. The fraction of sp³-hybridized carbons (Fsp3) is 0.429. The molecule has 6 nitrogen and oxygen atoms in total. The van der Waals surface area contributed by atoms with Crippen molar-refractivity contribution in [3.8, 4) is 5.75 Å². The number of β-amino-alcohol motifs (C(OH)–C–C–N with tert-alkyl or cyclic N) is 1. The van der Waals surface area contributed by atoms with Crippen molar-refractivity contribution in [1.82, 2.24) is 4.90 Å². The standard InChI is InChI=1S/C14H18N2O4/c1-8-10(4-3-5-12(8)20-2)14(19)16-7-9(17)6-11(16)13(15)18/h3-5,9,11,17H,6-7H2,1-2H3,(H2,15,18)/t9-,11+/m1/s1. The molecule has 3 N–H and O–H groups in total. The topological polar surface area (TPSA) is 92.9 Å². The molecule has 0 unspecified atom stereocenters. The second kappa shape index (κ2) is 5.50. The average Bonchev–Trinajstić information content (AvgIpc) is 2.80. The molecular formula is C14H18N2O4. The third-order valence-corrected chi connectivity index (χ3v) is 3.60. The average molecular weight is 278 g/mol. The molecule has 0 bridgehead atoms. The van der Waals surface area contributed by atoms with Gasteiger partial charge in [0, 0.05) is 24.1 Å². The number of nitrogens with zero attached hydrogens (tertiary/aromatic N) is 1. The van der Waals surface area contributed by atoms with E-state index in [4.69, 9.17) is 10.5 Å². The van der Waals surface area contributed by atoms with Crippen molar-refractivity contribution in [3.63, 3.8) is 0 Å². The van der Waals surface area contributed by atoms with E-state index in [9.17, 15) is 14.7 Å². The van der Waals surface area contributed by atoms with Gasteiger partial charge < -0.3 is 20.5 Å². The largest absolute Gasteiger partial charge is 0.496 e. The lowest BCUT2D eigenvalue weighted by Gasteiger charge is -2.23. The maximum Gasteiger partial charge on any atom is 0.255 e. The van der Waals surface area contributed by atoms with Crippen LogP contribution in [0.1, 0.15) is 22.3 Å². The van der Waals surface area contributed by atoms with E-state index in [0.29, 0.717) is 16.9 Å². The first-order valence-corrected chi connectivity index (χ1v) is 6.37. The lowest BCUT2D eigenvalue weighted by Crippen LogP contribution is -2.44. The first-order valence-electron chi connectivity index (χ1n) is 6.37. The van der Waals surface area contributed by atoms with E-state index in [1.54, 1.807) is 25.1 Å². The first kappa shape index (κ1) is 14.3. The predicted octanol–water partition coefficient (Wildman–Crippen LogP) is 0.0643. The minimum atomic E-state index is -0.761. The van der Waals surface area contributed by atoms with Crippen molar-refractivity contribution in [2.24, 2.45) is 5.73 Å². The molecule has 6 heteroatoms. The Labute approximate surface area is 117 Å². The molecule has 1 aromatic carbocycles. The van der Waals surface area contributed by atoms with E-state index in [0.717, 1.165) is 0 Å². The number of likely N-dealkylation sites (tertiary alicyclic amines) is 1. The Balaban J connectivity index is 2.34. The van der Waals surface area contributed by atoms with Crippen molar-refractivity contribution < 1.29 is 19.4 Å². The Hall–Kier alpha value is -2.08. The highest BCUT2D eigenvalue weighted by molar-refractivity contribution is 5.99. The Morgan fingerprint density at radius 1 is 1.45 bits per heavy atom. The molecule has 2 rings (SSSR count). The van der Waals surface area contributed by atoms with Crippen molar-refractivity contribution in [3.05, 3.63) is 29.3 Å². The van der Waals surface area contributed by atoms with Crippen molar-refractivity contribution >= 4 is 11.8 Å². The second-order valence-electron chi connectivity index (χ2n) is 4.90. The van der Waals surface area contributed by atoms with E-state index in [1.807, 2.05) is 0 Å². The smallest absolute Gasteiger partial charge is 0.255 e. The van der Waals surface area contributed by atoms with Crippen LogP contribution in [0, 0.1) is 6.92 Å². The van der Waals surface area contributed by atoms with Gasteiger partial charge in [-0.1, -0.05) is 6.07 Å². The molecule has 1 heterocycles. The number of primary amides is 1. The van der Waals surface area contributed by atoms with E-state index >= 15 is 0 Å². The fourth-order valence-electron chi connectivity index (χ4n) is 2.53. The molecule has 2 amide bonds. The summed E-state index contributed by atoms with van der Waals surface area (Å²) in [5.74, 6) is -0.316. The normalized spacial score (nSPS) is 21.9. The minimum absolute atomic E-state index is 0.114. The van der Waals surface area contributed by atoms with Crippen molar-refractivity contribution in [1.29, 1.82) is 0 Å². The third-order valence-electron chi connectivity index (χ3n) is 3.60. The summed E-state index contributed by atoms with van der Waals surface area (Å²) in [5.41, 5.74) is 6.44. The van der Waals surface area contributed by atoms with Gasteiger partial charge in [-0.15, -0.1) is 0 Å². The van der Waals surface area contributed by atoms with Crippen LogP contribution in [0.4, 0.5) is 0 Å². The van der Waals surface area contributed by atoms with Crippen LogP contribution in [0.2, 0.25) is 0 Å². The van der Waals surface area contributed by atoms with E-state index in [1.165, 1.54) is 12.0 Å². The summed E-state index contributed by atoms with van der Waals surface area (Å²) < 4.78 is 5.18. The van der Waals surface area contributed by atoms with Gasteiger partial charge in [0.1, 0.15) is 11.8 Å². The van der Waals surface area contributed by atoms with Gasteiger partial charge in [0.05, 0.1) is 13.2 Å². The molecule has 20 heavy (non-hydrogen) atoms. The maximum absolute atomic E-state index is 12.5. The summed E-state index contributed by atoms with van der Waals surface area (Å²) in [4.78, 5) is 25.3. The van der Waals surface area contributed by atoms with Gasteiger partial charge in [-0.2, -0.15) is 0 Å². The quantitative estimate of drug-likeness (QED) is 0.818. The maximum atomic E-state index is 12.5. The van der Waals surface area contributed by atoms with Crippen LogP contribution in [-0.2, 0) is 4.79 Å². The second-order valence-corrected chi connectivity index (χ2v) is 4.90. The first-order chi connectivity index (χ1) is 9.45. The van der Waals surface area contributed by atoms with Crippen LogP contribution < -0.4 is 10.5 Å². The molecule has 1 aliphatic heterocycles. The van der Waals surface area contributed by atoms with Crippen LogP contribution in [0.15, 0.2) is 18.2 Å². The SMILES string of the molecule is COc1cccc(C(=O)N2C[C@H](O)C[C@H]2C(N)=O)c1C. The van der Waals surface area contributed by atoms with Gasteiger partial charge >= 0.3 is 0 Å². The molecule has 0 aliphatic carbocycles. The summed E-state index contributed by atoms with van der Waals surface area (Å²) in [7, 11) is 1.53. The molecule has 0 radical (unpaired) electrons. The zero-order valence-electron chi connectivity index (χ0n) is 11.5. The highest BCUT2D eigenvalue weighted by atomic mass is 16.5. The van der Waals surface area contributed by atoms with E-state index < -0.39 is 18.1 Å². The number of benzene rings is 1. The lowest BCUT2D eigenvalue weighted by molar-refractivity contribution is -0.121. The number of carbonyl (C=O) groups excluding carboxylic acids is 2. The molecular weight excluding hydrogens is 260 g/mol. The minimum Gasteiger partial charge on any atom is -0.496 e. The van der Waals surface area contributed by atoms with Crippen LogP contribution in [-0.4, -0.2) is 47.6 Å². The van der Waals surface area contributed by atoms with Crippen LogP contribution >= 0.6 is 0 Å². The zero-order valence-corrected chi connectivity index (χ0v) is 11.5. The van der Waals surface area contributed by atoms with Crippen LogP contribution in [0.3, 0.4) is 0 Å². The summed E-state index contributed by atoms with van der Waals surface area (Å²) in [5, 5.41) is 9.66. The Kier molecular flexibility index (Phi) is 3.94. The van der Waals surface area contributed by atoms with E-state index in [2.05, 4.69) is 0 Å². The van der Waals surface area contributed by atoms with Crippen LogP contribution in [0.25, 0.3) is 0 Å². The van der Waals surface area contributed by atoms with Gasteiger partial charge in [0.2, 0.25) is 5.91 Å². The van der Waals surface area contributed by atoms with Crippen molar-refractivity contribution in [2.75, 3.05) is 13.7 Å². The van der Waals surface area contributed by atoms with Gasteiger partial charge in [-0.05, 0) is 19.1 Å². The number of hydrogen-bond donors (Lipinski definition) is 2. The number of aliphatic hydroxyl groups excluding tert-OH is 1. The molecule has 1 aromatic rings. The monoisotopic (exact) mass is 278 g/mol. The summed E-state index contributed by atoms with van der Waals surface area (Å²) in [6.07, 6.45) is -0.535. The van der Waals surface area contributed by atoms with Crippen LogP contribution in [0.5, 0.6) is 5.75 Å². The molecule has 0 aromatic heterocycles. The highest BCUT2D eigenvalue weighted by Gasteiger charge is 2.38. The molecule has 1 saturated heterocycles. The number of carbonyl (C=O) groups is 2. The molecule has 2 atom stereocenters. The number of amides is 2. The number of hydrogen-bond acceptors (Lipinski definition) is 4. The molecule has 1 fully saturated rings. The molecule has 108 valence electrons. The zero-order chi connectivity index (χ0) is 14.9. The Morgan fingerprint density at radius 2 is 2.15 bits per heavy atom. The molecule has 0 saturated carbocycles. The summed E-state index contributed by atoms with van der Waals surface area (Å²) in [6, 6.07) is 4.38. The highest BCUT2D eigenvalue weighted by Crippen LogP contribution is 2.26. The third kappa shape index (κ3) is 2.46. The van der Waals surface area contributed by atoms with Gasteiger partial charge in [-0.25, -0.2) is 0 Å². The molecule has 1 aliphatic rings. The number of aliphatic hydroxyl groups is 1. The van der Waals surface area contributed by atoms with Gasteiger partial charge in [0.15, 0.2) is 0 Å². The number of nitrogens with two attached hydrogens (primary N) is 1. The lowest BCUT2D eigenvalue weighted by atomic mass is 10.1. The number of methoxy groups -OCH3 is 1. The Bertz CT molecular complexity index is 544. The molecule has 0 spiro atoms. The summed E-state index contributed by atoms with van der Waals surface area (Å²) in [6.45, 7) is 1.89. The summed E-state index contributed by atoms with van der Waals surface area (Å²) >= 11 is 0.